The first-order valence-electron chi connectivity index (χ1n) is 6.07. The highest BCUT2D eigenvalue weighted by molar-refractivity contribution is 5.75. The third kappa shape index (κ3) is 3.82. The fourth-order valence-electron chi connectivity index (χ4n) is 2.32. The number of carbonyl (C=O) groups excluding carboxylic acids is 1. The van der Waals surface area contributed by atoms with Crippen LogP contribution in [0.1, 0.15) is 46.5 Å². The normalized spacial score (nSPS) is 21.3. The lowest BCUT2D eigenvalue weighted by Crippen LogP contribution is -2.43. The average Bonchev–Trinajstić information content (AvgIpc) is 2.70. The molecule has 0 saturated heterocycles. The lowest BCUT2D eigenvalue weighted by molar-refractivity contribution is -0.145. The second-order valence-electron chi connectivity index (χ2n) is 4.47. The molecule has 1 aliphatic rings. The lowest BCUT2D eigenvalue weighted by Gasteiger charge is -2.23. The van der Waals surface area contributed by atoms with Gasteiger partial charge in [-0.05, 0) is 39.5 Å². The summed E-state index contributed by atoms with van der Waals surface area (Å²) in [6.45, 7) is 6.35. The van der Waals surface area contributed by atoms with Crippen LogP contribution in [0.3, 0.4) is 0 Å². The zero-order valence-corrected chi connectivity index (χ0v) is 10.1. The lowest BCUT2D eigenvalue weighted by atomic mass is 9.99. The molecule has 0 aromatic rings. The minimum atomic E-state index is -0.180. The van der Waals surface area contributed by atoms with Gasteiger partial charge in [-0.2, -0.15) is 0 Å². The molecule has 1 N–H and O–H groups in total. The molecule has 0 radical (unpaired) electrons. The van der Waals surface area contributed by atoms with E-state index < -0.39 is 0 Å². The van der Waals surface area contributed by atoms with Crippen LogP contribution in [0.15, 0.2) is 0 Å². The maximum absolute atomic E-state index is 11.4. The minimum Gasteiger partial charge on any atom is -0.465 e. The predicted molar refractivity (Wildman–Crippen MR) is 60.7 cm³/mol. The Labute approximate surface area is 92.6 Å². The first-order valence-corrected chi connectivity index (χ1v) is 6.07. The molecule has 3 nitrogen and oxygen atoms in total. The van der Waals surface area contributed by atoms with Gasteiger partial charge in [0.2, 0.25) is 0 Å². The molecule has 1 saturated carbocycles. The first-order chi connectivity index (χ1) is 7.15. The van der Waals surface area contributed by atoms with Crippen LogP contribution in [0.25, 0.3) is 0 Å². The van der Waals surface area contributed by atoms with Crippen LogP contribution in [0.2, 0.25) is 0 Å². The number of hydrogen-bond acceptors (Lipinski definition) is 3. The molecule has 1 rings (SSSR count). The molecule has 0 bridgehead atoms. The number of esters is 1. The molecule has 0 spiro atoms. The van der Waals surface area contributed by atoms with Gasteiger partial charge in [-0.3, -0.25) is 4.79 Å². The van der Waals surface area contributed by atoms with Crippen LogP contribution in [-0.4, -0.2) is 24.7 Å². The summed E-state index contributed by atoms with van der Waals surface area (Å²) in [5.41, 5.74) is 0. The fourth-order valence-corrected chi connectivity index (χ4v) is 2.32. The summed E-state index contributed by atoms with van der Waals surface area (Å²) in [7, 11) is 0. The number of nitrogens with one attached hydrogen (secondary N) is 1. The van der Waals surface area contributed by atoms with Crippen LogP contribution in [-0.2, 0) is 9.53 Å². The summed E-state index contributed by atoms with van der Waals surface area (Å²) in [4.78, 5) is 11.4. The molecule has 1 fully saturated rings. The Morgan fingerprint density at radius 1 is 1.40 bits per heavy atom. The minimum absolute atomic E-state index is 0.137. The van der Waals surface area contributed by atoms with E-state index in [0.717, 1.165) is 5.92 Å². The van der Waals surface area contributed by atoms with Gasteiger partial charge in [0.15, 0.2) is 0 Å². The molecular weight excluding hydrogens is 190 g/mol. The topological polar surface area (TPSA) is 38.3 Å². The number of ether oxygens (including phenoxy) is 1. The van der Waals surface area contributed by atoms with Gasteiger partial charge >= 0.3 is 5.97 Å². The highest BCUT2D eigenvalue weighted by atomic mass is 16.5. The van der Waals surface area contributed by atoms with Crippen molar-refractivity contribution in [3.8, 4) is 0 Å². The Balaban J connectivity index is 2.29. The predicted octanol–water partition coefficient (Wildman–Crippen LogP) is 2.11. The summed E-state index contributed by atoms with van der Waals surface area (Å²) >= 11 is 0. The van der Waals surface area contributed by atoms with Crippen molar-refractivity contribution in [3.63, 3.8) is 0 Å². The van der Waals surface area contributed by atoms with Crippen molar-refractivity contribution in [2.45, 2.75) is 58.5 Å². The van der Waals surface area contributed by atoms with Gasteiger partial charge < -0.3 is 10.1 Å². The van der Waals surface area contributed by atoms with Crippen molar-refractivity contribution in [2.75, 3.05) is 6.61 Å². The highest BCUT2D eigenvalue weighted by Gasteiger charge is 2.24. The molecule has 0 heterocycles. The first kappa shape index (κ1) is 12.5. The van der Waals surface area contributed by atoms with Gasteiger partial charge in [0, 0.05) is 6.04 Å². The summed E-state index contributed by atoms with van der Waals surface area (Å²) in [6.07, 6.45) is 5.27. The van der Waals surface area contributed by atoms with E-state index in [1.165, 1.54) is 25.7 Å². The molecule has 0 amide bonds. The molecule has 0 aromatic carbocycles. The van der Waals surface area contributed by atoms with Crippen molar-refractivity contribution < 1.29 is 9.53 Å². The number of hydrogen-bond donors (Lipinski definition) is 1. The zero-order valence-electron chi connectivity index (χ0n) is 10.1. The average molecular weight is 213 g/mol. The molecule has 1 aliphatic carbocycles. The second kappa shape index (κ2) is 6.11. The Morgan fingerprint density at radius 2 is 2.00 bits per heavy atom. The van der Waals surface area contributed by atoms with Crippen LogP contribution < -0.4 is 5.32 Å². The van der Waals surface area contributed by atoms with Crippen molar-refractivity contribution in [1.29, 1.82) is 0 Å². The van der Waals surface area contributed by atoms with E-state index in [-0.39, 0.29) is 12.0 Å². The molecule has 0 aromatic heterocycles. The van der Waals surface area contributed by atoms with Crippen LogP contribution in [0.4, 0.5) is 0 Å². The van der Waals surface area contributed by atoms with E-state index in [4.69, 9.17) is 4.74 Å². The fraction of sp³-hybridized carbons (Fsp3) is 0.917. The SMILES string of the molecule is CCOC(=O)C(C)N[C@H](C)C1CCCC1. The van der Waals surface area contributed by atoms with Crippen LogP contribution in [0.5, 0.6) is 0 Å². The molecule has 88 valence electrons. The highest BCUT2D eigenvalue weighted by Crippen LogP contribution is 2.27. The maximum Gasteiger partial charge on any atom is 0.322 e. The third-order valence-electron chi connectivity index (χ3n) is 3.26. The van der Waals surface area contributed by atoms with Gasteiger partial charge in [0.05, 0.1) is 6.61 Å². The van der Waals surface area contributed by atoms with E-state index in [1.807, 2.05) is 13.8 Å². The molecule has 15 heavy (non-hydrogen) atoms. The number of rotatable bonds is 5. The quantitative estimate of drug-likeness (QED) is 0.711. The van der Waals surface area contributed by atoms with Crippen molar-refractivity contribution in [1.82, 2.24) is 5.32 Å². The zero-order chi connectivity index (χ0) is 11.3. The summed E-state index contributed by atoms with van der Waals surface area (Å²) in [6, 6.07) is 0.243. The molecule has 2 atom stereocenters. The van der Waals surface area contributed by atoms with Gasteiger partial charge in [-0.1, -0.05) is 12.8 Å². The van der Waals surface area contributed by atoms with E-state index in [2.05, 4.69) is 12.2 Å². The summed E-state index contributed by atoms with van der Waals surface area (Å²) in [5.74, 6) is 0.601. The van der Waals surface area contributed by atoms with E-state index in [9.17, 15) is 4.79 Å². The third-order valence-corrected chi connectivity index (χ3v) is 3.26. The van der Waals surface area contributed by atoms with Crippen LogP contribution >= 0.6 is 0 Å². The Kier molecular flexibility index (Phi) is 5.09. The standard InChI is InChI=1S/C12H23NO2/c1-4-15-12(14)10(3)13-9(2)11-7-5-6-8-11/h9-11,13H,4-8H2,1-3H3/t9-,10?/m1/s1. The molecular formula is C12H23NO2. The largest absolute Gasteiger partial charge is 0.465 e. The molecule has 1 unspecified atom stereocenters. The molecule has 3 heteroatoms. The van der Waals surface area contributed by atoms with Crippen LogP contribution in [0, 0.1) is 5.92 Å². The van der Waals surface area contributed by atoms with Gasteiger partial charge in [0.1, 0.15) is 6.04 Å². The number of carbonyl (C=O) groups is 1. The van der Waals surface area contributed by atoms with Crippen molar-refractivity contribution in [2.24, 2.45) is 5.92 Å². The van der Waals surface area contributed by atoms with E-state index in [1.54, 1.807) is 0 Å². The second-order valence-corrected chi connectivity index (χ2v) is 4.47. The summed E-state index contributed by atoms with van der Waals surface area (Å²) < 4.78 is 4.97. The molecule has 0 aliphatic heterocycles. The Hall–Kier alpha value is -0.570. The Bertz CT molecular complexity index is 200. The van der Waals surface area contributed by atoms with E-state index in [0.29, 0.717) is 12.6 Å². The van der Waals surface area contributed by atoms with Gasteiger partial charge in [0.25, 0.3) is 0 Å². The van der Waals surface area contributed by atoms with Gasteiger partial charge in [-0.25, -0.2) is 0 Å². The monoisotopic (exact) mass is 213 g/mol. The smallest absolute Gasteiger partial charge is 0.322 e. The van der Waals surface area contributed by atoms with Gasteiger partial charge in [-0.15, -0.1) is 0 Å². The van der Waals surface area contributed by atoms with Crippen molar-refractivity contribution >= 4 is 5.97 Å². The Morgan fingerprint density at radius 3 is 2.53 bits per heavy atom. The van der Waals surface area contributed by atoms with Crippen molar-refractivity contribution in [3.05, 3.63) is 0 Å². The van der Waals surface area contributed by atoms with E-state index >= 15 is 0 Å². The maximum atomic E-state index is 11.4. The summed E-state index contributed by atoms with van der Waals surface area (Å²) in [5, 5.41) is 3.33.